The summed E-state index contributed by atoms with van der Waals surface area (Å²) in [6.07, 6.45) is 9.32. The standard InChI is InChI=1S/C15H24/c1-12(2)6-5-7-14(4)15-10-8-13(3)9-11-15/h6,8,15H,4-5,7,9-11H2,1-3H3/t15-/m1/s1/i1D3/b12-6+. The zero-order chi connectivity index (χ0) is 13.8. The Kier molecular flexibility index (Phi) is 3.32. The van der Waals surface area contributed by atoms with Crippen molar-refractivity contribution in [2.24, 2.45) is 5.92 Å². The van der Waals surface area contributed by atoms with E-state index in [4.69, 9.17) is 4.11 Å². The lowest BCUT2D eigenvalue weighted by Gasteiger charge is -2.22. The summed E-state index contributed by atoms with van der Waals surface area (Å²) >= 11 is 0. The molecule has 0 aromatic carbocycles. The van der Waals surface area contributed by atoms with Crippen molar-refractivity contribution in [1.29, 1.82) is 0 Å². The van der Waals surface area contributed by atoms with E-state index in [1.807, 2.05) is 6.08 Å². The van der Waals surface area contributed by atoms with Crippen LogP contribution in [0.1, 0.15) is 56.9 Å². The zero-order valence-corrected chi connectivity index (χ0v) is 9.97. The van der Waals surface area contributed by atoms with Gasteiger partial charge in [0.15, 0.2) is 0 Å². The van der Waals surface area contributed by atoms with Gasteiger partial charge in [0.2, 0.25) is 0 Å². The number of rotatable bonds is 4. The molecule has 0 spiro atoms. The van der Waals surface area contributed by atoms with Crippen LogP contribution in [0.5, 0.6) is 0 Å². The molecule has 0 aliphatic heterocycles. The summed E-state index contributed by atoms with van der Waals surface area (Å²) in [4.78, 5) is 0. The second-order valence-electron chi connectivity index (χ2n) is 4.61. The van der Waals surface area contributed by atoms with Gasteiger partial charge in [-0.1, -0.05) is 35.5 Å². The molecule has 0 bridgehead atoms. The molecule has 0 N–H and O–H groups in total. The van der Waals surface area contributed by atoms with Crippen molar-refractivity contribution in [2.75, 3.05) is 0 Å². The molecule has 0 heteroatoms. The molecule has 0 heterocycles. The molecule has 0 radical (unpaired) electrons. The third-order valence-electron chi connectivity index (χ3n) is 3.13. The Hall–Kier alpha value is -0.780. The molecule has 1 aliphatic rings. The van der Waals surface area contributed by atoms with Crippen molar-refractivity contribution in [3.05, 3.63) is 35.5 Å². The molecular weight excluding hydrogens is 180 g/mol. The molecule has 0 saturated heterocycles. The lowest BCUT2D eigenvalue weighted by molar-refractivity contribution is 0.524. The first kappa shape index (κ1) is 8.38. The maximum Gasteiger partial charge on any atom is 0.0276 e. The molecular formula is C15H24. The van der Waals surface area contributed by atoms with Crippen LogP contribution in [0.25, 0.3) is 0 Å². The van der Waals surface area contributed by atoms with E-state index in [2.05, 4.69) is 19.6 Å². The van der Waals surface area contributed by atoms with E-state index < -0.39 is 6.85 Å². The van der Waals surface area contributed by atoms with Crippen LogP contribution >= 0.6 is 0 Å². The molecule has 1 rings (SSSR count). The van der Waals surface area contributed by atoms with E-state index >= 15 is 0 Å². The van der Waals surface area contributed by atoms with E-state index in [-0.39, 0.29) is 0 Å². The second-order valence-corrected chi connectivity index (χ2v) is 4.61. The number of hydrogen-bond donors (Lipinski definition) is 0. The van der Waals surface area contributed by atoms with Crippen LogP contribution in [0, 0.1) is 5.92 Å². The minimum absolute atomic E-state index is 0.495. The van der Waals surface area contributed by atoms with Crippen LogP contribution in [0.15, 0.2) is 35.5 Å². The van der Waals surface area contributed by atoms with Gasteiger partial charge in [0.25, 0.3) is 0 Å². The lowest BCUT2D eigenvalue weighted by Crippen LogP contribution is -2.07. The minimum Gasteiger partial charge on any atom is -0.0996 e. The molecule has 84 valence electrons. The van der Waals surface area contributed by atoms with Gasteiger partial charge in [-0.25, -0.2) is 0 Å². The molecule has 0 saturated carbocycles. The summed E-state index contributed by atoms with van der Waals surface area (Å²) < 4.78 is 21.8. The van der Waals surface area contributed by atoms with Gasteiger partial charge in [-0.15, -0.1) is 0 Å². The normalized spacial score (nSPS) is 26.3. The average Bonchev–Trinajstić information content (AvgIpc) is 2.28. The molecule has 0 unspecified atom stereocenters. The maximum absolute atomic E-state index is 7.28. The Bertz CT molecular complexity index is 358. The van der Waals surface area contributed by atoms with Gasteiger partial charge < -0.3 is 0 Å². The summed E-state index contributed by atoms with van der Waals surface area (Å²) in [5, 5.41) is 0. The SMILES string of the molecule is [2H]C([2H])([2H])/C(C)=C\CCC(=C)[C@@H]1CC=C(C)CC1. The van der Waals surface area contributed by atoms with Gasteiger partial charge in [0, 0.05) is 4.11 Å². The molecule has 1 atom stereocenters. The van der Waals surface area contributed by atoms with E-state index in [0.717, 1.165) is 19.3 Å². The van der Waals surface area contributed by atoms with Gasteiger partial charge in [-0.3, -0.25) is 0 Å². The largest absolute Gasteiger partial charge is 0.0996 e. The fraction of sp³-hybridized carbons (Fsp3) is 0.600. The van der Waals surface area contributed by atoms with Crippen LogP contribution in [0.4, 0.5) is 0 Å². The Balaban J connectivity index is 2.39. The predicted octanol–water partition coefficient (Wildman–Crippen LogP) is 5.04. The van der Waals surface area contributed by atoms with Crippen molar-refractivity contribution < 1.29 is 4.11 Å². The Morgan fingerprint density at radius 1 is 1.73 bits per heavy atom. The Morgan fingerprint density at radius 2 is 2.53 bits per heavy atom. The van der Waals surface area contributed by atoms with Gasteiger partial charge >= 0.3 is 0 Å². The van der Waals surface area contributed by atoms with Crippen molar-refractivity contribution >= 4 is 0 Å². The van der Waals surface area contributed by atoms with Crippen LogP contribution in [-0.4, -0.2) is 0 Å². The van der Waals surface area contributed by atoms with E-state index in [1.54, 1.807) is 6.92 Å². The third-order valence-corrected chi connectivity index (χ3v) is 3.13. The highest BCUT2D eigenvalue weighted by atomic mass is 14.2. The fourth-order valence-electron chi connectivity index (χ4n) is 2.01. The fourth-order valence-corrected chi connectivity index (χ4v) is 2.01. The van der Waals surface area contributed by atoms with Crippen molar-refractivity contribution in [1.82, 2.24) is 0 Å². The number of allylic oxidation sites excluding steroid dienone is 5. The number of hydrogen-bond acceptors (Lipinski definition) is 0. The summed E-state index contributed by atoms with van der Waals surface area (Å²) in [5.74, 6) is 0.593. The highest BCUT2D eigenvalue weighted by Crippen LogP contribution is 2.30. The van der Waals surface area contributed by atoms with Crippen LogP contribution in [0.2, 0.25) is 0 Å². The van der Waals surface area contributed by atoms with Gasteiger partial charge in [-0.2, -0.15) is 0 Å². The average molecular weight is 207 g/mol. The predicted molar refractivity (Wildman–Crippen MR) is 68.9 cm³/mol. The minimum atomic E-state index is -1.94. The molecule has 0 amide bonds. The highest BCUT2D eigenvalue weighted by Gasteiger charge is 2.14. The topological polar surface area (TPSA) is 0 Å². The summed E-state index contributed by atoms with van der Waals surface area (Å²) in [5.41, 5.74) is 3.25. The first-order valence-corrected chi connectivity index (χ1v) is 5.81. The lowest BCUT2D eigenvalue weighted by atomic mass is 9.84. The highest BCUT2D eigenvalue weighted by molar-refractivity contribution is 5.12. The van der Waals surface area contributed by atoms with Crippen molar-refractivity contribution in [2.45, 2.75) is 52.8 Å². The van der Waals surface area contributed by atoms with E-state index in [9.17, 15) is 0 Å². The first-order chi connectivity index (χ1) is 8.30. The van der Waals surface area contributed by atoms with Gasteiger partial charge in [-0.05, 0) is 58.7 Å². The smallest absolute Gasteiger partial charge is 0.0276 e. The monoisotopic (exact) mass is 207 g/mol. The van der Waals surface area contributed by atoms with Crippen molar-refractivity contribution in [3.63, 3.8) is 0 Å². The van der Waals surface area contributed by atoms with Crippen LogP contribution in [-0.2, 0) is 0 Å². The molecule has 0 aromatic heterocycles. The van der Waals surface area contributed by atoms with Gasteiger partial charge in [0.1, 0.15) is 0 Å². The Labute approximate surface area is 99.0 Å². The van der Waals surface area contributed by atoms with E-state index in [1.165, 1.54) is 24.0 Å². The van der Waals surface area contributed by atoms with E-state index in [0.29, 0.717) is 11.5 Å². The maximum atomic E-state index is 7.28. The Morgan fingerprint density at radius 3 is 3.13 bits per heavy atom. The van der Waals surface area contributed by atoms with Crippen molar-refractivity contribution in [3.8, 4) is 0 Å². The first-order valence-electron chi connectivity index (χ1n) is 7.31. The van der Waals surface area contributed by atoms with Gasteiger partial charge in [0.05, 0.1) is 0 Å². The molecule has 0 fully saturated rings. The summed E-state index contributed by atoms with van der Waals surface area (Å²) in [7, 11) is 0. The molecule has 15 heavy (non-hydrogen) atoms. The van der Waals surface area contributed by atoms with Crippen LogP contribution in [0.3, 0.4) is 0 Å². The summed E-state index contributed by atoms with van der Waals surface area (Å²) in [6.45, 7) is 6.09. The summed E-state index contributed by atoms with van der Waals surface area (Å²) in [6, 6.07) is 0. The zero-order valence-electron chi connectivity index (χ0n) is 13.0. The second kappa shape index (κ2) is 5.95. The molecule has 0 aromatic rings. The van der Waals surface area contributed by atoms with Crippen LogP contribution < -0.4 is 0 Å². The third kappa shape index (κ3) is 4.51. The quantitative estimate of drug-likeness (QED) is 0.567. The molecule has 1 aliphatic carbocycles. The molecule has 0 nitrogen and oxygen atoms in total.